The molecule has 1 aliphatic heterocycles. The van der Waals surface area contributed by atoms with Gasteiger partial charge in [-0.05, 0) is 12.8 Å². The molecule has 0 aromatic carbocycles. The zero-order valence-electron chi connectivity index (χ0n) is 33.8. The molecule has 6 atom stereocenters. The second-order valence-corrected chi connectivity index (χ2v) is 15.5. The van der Waals surface area contributed by atoms with E-state index in [0.717, 1.165) is 32.1 Å². The van der Waals surface area contributed by atoms with Crippen molar-refractivity contribution in [1.82, 2.24) is 0 Å². The van der Waals surface area contributed by atoms with Crippen LogP contribution in [0.5, 0.6) is 0 Å². The van der Waals surface area contributed by atoms with E-state index in [2.05, 4.69) is 13.8 Å². The van der Waals surface area contributed by atoms with Gasteiger partial charge in [0.1, 0.15) is 30.5 Å². The zero-order valence-corrected chi connectivity index (χ0v) is 33.8. The first-order chi connectivity index (χ1) is 25.4. The summed E-state index contributed by atoms with van der Waals surface area (Å²) >= 11 is 0. The van der Waals surface area contributed by atoms with Crippen LogP contribution in [0.25, 0.3) is 0 Å². The highest BCUT2D eigenvalue weighted by atomic mass is 16.7. The van der Waals surface area contributed by atoms with Crippen molar-refractivity contribution in [3.63, 3.8) is 0 Å². The van der Waals surface area contributed by atoms with Crippen LogP contribution in [-0.2, 0) is 23.7 Å². The Morgan fingerprint density at radius 1 is 0.538 bits per heavy atom. The topological polar surface area (TPSA) is 135 Å². The monoisotopic (exact) mass is 745 g/mol. The molecule has 0 amide bonds. The Bertz CT molecular complexity index is 767. The highest BCUT2D eigenvalue weighted by molar-refractivity contribution is 5.69. The number of carbonyl (C=O) groups is 1. The Morgan fingerprint density at radius 2 is 0.942 bits per heavy atom. The standard InChI is InChI=1S/C43H84O9/c1-3-5-7-9-11-12-13-14-15-16-17-18-19-20-21-22-23-24-25-26-28-30-32-39(45)51-37(35-49-33-31-29-27-10-8-6-4-2)36-50-43-42(48)41(47)40(46)38(34-44)52-43/h37-38,40-44,46-48H,3-36H2,1-2H3. The van der Waals surface area contributed by atoms with Crippen molar-refractivity contribution in [3.8, 4) is 0 Å². The summed E-state index contributed by atoms with van der Waals surface area (Å²) in [5.41, 5.74) is 0. The maximum Gasteiger partial charge on any atom is 0.306 e. The molecule has 4 N–H and O–H groups in total. The second kappa shape index (κ2) is 35.9. The highest BCUT2D eigenvalue weighted by Gasteiger charge is 2.44. The van der Waals surface area contributed by atoms with E-state index in [-0.39, 0.29) is 19.2 Å². The number of aliphatic hydroxyl groups is 4. The van der Waals surface area contributed by atoms with Crippen molar-refractivity contribution < 1.29 is 44.2 Å². The molecule has 1 aliphatic rings. The third-order valence-electron chi connectivity index (χ3n) is 10.5. The number of aliphatic hydroxyl groups excluding tert-OH is 4. The molecule has 0 bridgehead atoms. The lowest BCUT2D eigenvalue weighted by atomic mass is 9.99. The summed E-state index contributed by atoms with van der Waals surface area (Å²) in [4.78, 5) is 12.7. The van der Waals surface area contributed by atoms with E-state index in [1.165, 1.54) is 154 Å². The van der Waals surface area contributed by atoms with Gasteiger partial charge in [-0.15, -0.1) is 0 Å². The maximum atomic E-state index is 12.7. The van der Waals surface area contributed by atoms with Crippen LogP contribution in [0.2, 0.25) is 0 Å². The van der Waals surface area contributed by atoms with E-state index in [1.54, 1.807) is 0 Å². The van der Waals surface area contributed by atoms with Crippen molar-refractivity contribution >= 4 is 5.97 Å². The van der Waals surface area contributed by atoms with E-state index in [4.69, 9.17) is 18.9 Å². The number of esters is 1. The fourth-order valence-corrected chi connectivity index (χ4v) is 7.02. The van der Waals surface area contributed by atoms with Gasteiger partial charge in [-0.25, -0.2) is 0 Å². The molecule has 0 radical (unpaired) electrons. The molecule has 310 valence electrons. The molecule has 6 unspecified atom stereocenters. The lowest BCUT2D eigenvalue weighted by Gasteiger charge is -2.39. The van der Waals surface area contributed by atoms with E-state index in [0.29, 0.717) is 13.0 Å². The van der Waals surface area contributed by atoms with Gasteiger partial charge < -0.3 is 39.4 Å². The average Bonchev–Trinajstić information content (AvgIpc) is 3.14. The third-order valence-corrected chi connectivity index (χ3v) is 10.5. The van der Waals surface area contributed by atoms with Gasteiger partial charge in [-0.3, -0.25) is 4.79 Å². The van der Waals surface area contributed by atoms with Gasteiger partial charge in [0.2, 0.25) is 0 Å². The molecule has 52 heavy (non-hydrogen) atoms. The minimum absolute atomic E-state index is 0.106. The van der Waals surface area contributed by atoms with Gasteiger partial charge >= 0.3 is 5.97 Å². The first kappa shape index (κ1) is 49.2. The molecular formula is C43H84O9. The van der Waals surface area contributed by atoms with E-state index < -0.39 is 43.4 Å². The highest BCUT2D eigenvalue weighted by Crippen LogP contribution is 2.23. The van der Waals surface area contributed by atoms with Crippen molar-refractivity contribution in [1.29, 1.82) is 0 Å². The summed E-state index contributed by atoms with van der Waals surface area (Å²) in [7, 11) is 0. The molecule has 0 aliphatic carbocycles. The SMILES string of the molecule is CCCCCCCCCCCCCCCCCCCCCCCCC(=O)OC(COCCCCCCCCC)COC1OC(CO)C(O)C(O)C1O. The largest absolute Gasteiger partial charge is 0.457 e. The van der Waals surface area contributed by atoms with Crippen LogP contribution >= 0.6 is 0 Å². The van der Waals surface area contributed by atoms with E-state index in [9.17, 15) is 25.2 Å². The van der Waals surface area contributed by atoms with Gasteiger partial charge in [-0.2, -0.15) is 0 Å². The number of hydrogen-bond donors (Lipinski definition) is 4. The van der Waals surface area contributed by atoms with Gasteiger partial charge in [0.05, 0.1) is 19.8 Å². The molecule has 1 saturated heterocycles. The van der Waals surface area contributed by atoms with Crippen LogP contribution in [0.15, 0.2) is 0 Å². The lowest BCUT2D eigenvalue weighted by molar-refractivity contribution is -0.305. The van der Waals surface area contributed by atoms with Crippen LogP contribution in [0.4, 0.5) is 0 Å². The minimum Gasteiger partial charge on any atom is -0.457 e. The Hall–Kier alpha value is -0.810. The number of carbonyl (C=O) groups excluding carboxylic acids is 1. The summed E-state index contributed by atoms with van der Waals surface area (Å²) in [5.74, 6) is -0.310. The van der Waals surface area contributed by atoms with Crippen molar-refractivity contribution in [2.45, 2.75) is 243 Å². The van der Waals surface area contributed by atoms with Crippen molar-refractivity contribution in [2.24, 2.45) is 0 Å². The van der Waals surface area contributed by atoms with Crippen LogP contribution in [0, 0.1) is 0 Å². The van der Waals surface area contributed by atoms with Crippen LogP contribution < -0.4 is 0 Å². The normalized spacial score (nSPS) is 21.1. The van der Waals surface area contributed by atoms with Crippen LogP contribution in [-0.4, -0.2) is 89.6 Å². The molecule has 1 heterocycles. The van der Waals surface area contributed by atoms with E-state index in [1.807, 2.05) is 0 Å². The average molecular weight is 745 g/mol. The molecule has 1 rings (SSSR count). The summed E-state index contributed by atoms with van der Waals surface area (Å²) < 4.78 is 22.7. The Labute approximate surface area is 319 Å². The molecule has 0 saturated carbocycles. The Morgan fingerprint density at radius 3 is 1.37 bits per heavy atom. The molecule has 0 aromatic heterocycles. The molecule has 1 fully saturated rings. The fourth-order valence-electron chi connectivity index (χ4n) is 7.02. The van der Waals surface area contributed by atoms with Gasteiger partial charge in [-0.1, -0.05) is 187 Å². The van der Waals surface area contributed by atoms with Gasteiger partial charge in [0.15, 0.2) is 6.29 Å². The minimum atomic E-state index is -1.53. The predicted molar refractivity (Wildman–Crippen MR) is 210 cm³/mol. The van der Waals surface area contributed by atoms with Crippen molar-refractivity contribution in [2.75, 3.05) is 26.4 Å². The molecular weight excluding hydrogens is 660 g/mol. The molecule has 0 aromatic rings. The summed E-state index contributed by atoms with van der Waals surface area (Å²) in [6, 6.07) is 0. The smallest absolute Gasteiger partial charge is 0.306 e. The Balaban J connectivity index is 2.14. The zero-order chi connectivity index (χ0) is 37.9. The molecule has 9 heteroatoms. The fraction of sp³-hybridized carbons (Fsp3) is 0.977. The second-order valence-electron chi connectivity index (χ2n) is 15.5. The predicted octanol–water partition coefficient (Wildman–Crippen LogP) is 9.47. The molecule has 9 nitrogen and oxygen atoms in total. The number of rotatable bonds is 38. The number of ether oxygens (including phenoxy) is 4. The van der Waals surface area contributed by atoms with Crippen molar-refractivity contribution in [3.05, 3.63) is 0 Å². The summed E-state index contributed by atoms with van der Waals surface area (Å²) in [5, 5.41) is 39.9. The summed E-state index contributed by atoms with van der Waals surface area (Å²) in [6.45, 7) is 4.56. The summed E-state index contributed by atoms with van der Waals surface area (Å²) in [6.07, 6.45) is 30.1. The number of hydrogen-bond acceptors (Lipinski definition) is 9. The maximum absolute atomic E-state index is 12.7. The Kier molecular flexibility index (Phi) is 33.9. The van der Waals surface area contributed by atoms with Gasteiger partial charge in [0, 0.05) is 13.0 Å². The first-order valence-corrected chi connectivity index (χ1v) is 22.1. The van der Waals surface area contributed by atoms with Crippen LogP contribution in [0.3, 0.4) is 0 Å². The number of unbranched alkanes of at least 4 members (excludes halogenated alkanes) is 27. The first-order valence-electron chi connectivity index (χ1n) is 22.1. The third kappa shape index (κ3) is 26.9. The quantitative estimate of drug-likeness (QED) is 0.0360. The van der Waals surface area contributed by atoms with Crippen LogP contribution in [0.1, 0.15) is 206 Å². The molecule has 0 spiro atoms. The van der Waals surface area contributed by atoms with E-state index >= 15 is 0 Å². The lowest BCUT2D eigenvalue weighted by Crippen LogP contribution is -2.59. The van der Waals surface area contributed by atoms with Gasteiger partial charge in [0.25, 0.3) is 0 Å².